The topological polar surface area (TPSA) is 17.1 Å². The van der Waals surface area contributed by atoms with Gasteiger partial charge in [0.2, 0.25) is 0 Å². The summed E-state index contributed by atoms with van der Waals surface area (Å²) in [7, 11) is 0. The summed E-state index contributed by atoms with van der Waals surface area (Å²) < 4.78 is 0. The van der Waals surface area contributed by atoms with E-state index < -0.39 is 0 Å². The molecule has 1 heteroatoms. The van der Waals surface area contributed by atoms with Gasteiger partial charge in [-0.05, 0) is 31.4 Å². The van der Waals surface area contributed by atoms with Crippen LogP contribution in [-0.2, 0) is 11.2 Å². The van der Waals surface area contributed by atoms with Crippen LogP contribution in [0.3, 0.4) is 0 Å². The Bertz CT molecular complexity index is 420. The van der Waals surface area contributed by atoms with Gasteiger partial charge in [-0.1, -0.05) is 75.6 Å². The van der Waals surface area contributed by atoms with E-state index in [1.807, 2.05) is 0 Å². The zero-order chi connectivity index (χ0) is 15.5. The molecule has 0 bridgehead atoms. The third-order valence-electron chi connectivity index (χ3n) is 4.20. The van der Waals surface area contributed by atoms with E-state index in [4.69, 9.17) is 0 Å². The van der Waals surface area contributed by atoms with Gasteiger partial charge in [-0.25, -0.2) is 0 Å². The van der Waals surface area contributed by atoms with Crippen molar-refractivity contribution in [3.8, 4) is 0 Å². The number of Topliss-reactive ketones (excluding diaryl/α,β-unsaturated/α-hetero) is 1. The molecule has 0 aliphatic carbocycles. The lowest BCUT2D eigenvalue weighted by atomic mass is 9.98. The first-order chi connectivity index (χ1) is 10.1. The number of benzene rings is 1. The van der Waals surface area contributed by atoms with Gasteiger partial charge in [0.25, 0.3) is 0 Å². The maximum Gasteiger partial charge on any atom is 0.137 e. The Morgan fingerprint density at radius 3 is 2.19 bits per heavy atom. The highest BCUT2D eigenvalue weighted by atomic mass is 16.1. The van der Waals surface area contributed by atoms with Crippen molar-refractivity contribution < 1.29 is 4.79 Å². The van der Waals surface area contributed by atoms with E-state index in [1.165, 1.54) is 61.6 Å². The van der Waals surface area contributed by atoms with E-state index in [0.29, 0.717) is 12.2 Å². The fourth-order valence-corrected chi connectivity index (χ4v) is 2.75. The quantitative estimate of drug-likeness (QED) is 0.460. The van der Waals surface area contributed by atoms with Crippen LogP contribution in [0.15, 0.2) is 18.2 Å². The van der Waals surface area contributed by atoms with Gasteiger partial charge in [-0.3, -0.25) is 4.79 Å². The molecule has 0 aromatic heterocycles. The van der Waals surface area contributed by atoms with Crippen LogP contribution < -0.4 is 0 Å². The molecule has 0 amide bonds. The second-order valence-electron chi connectivity index (χ2n) is 6.37. The van der Waals surface area contributed by atoms with Crippen LogP contribution in [0.1, 0.15) is 81.4 Å². The van der Waals surface area contributed by atoms with Crippen LogP contribution >= 0.6 is 0 Å². The van der Waals surface area contributed by atoms with Crippen LogP contribution in [0.25, 0.3) is 0 Å². The normalized spacial score (nSPS) is 10.8. The van der Waals surface area contributed by atoms with Crippen molar-refractivity contribution in [2.75, 3.05) is 0 Å². The lowest BCUT2D eigenvalue weighted by Gasteiger charge is -2.07. The summed E-state index contributed by atoms with van der Waals surface area (Å²) in [5.41, 5.74) is 3.69. The molecule has 0 spiro atoms. The number of ketones is 1. The van der Waals surface area contributed by atoms with Crippen molar-refractivity contribution in [3.63, 3.8) is 0 Å². The van der Waals surface area contributed by atoms with Crippen molar-refractivity contribution in [3.05, 3.63) is 34.9 Å². The lowest BCUT2D eigenvalue weighted by Crippen LogP contribution is -2.04. The first-order valence-electron chi connectivity index (χ1n) is 8.71. The molecule has 0 fully saturated rings. The molecule has 1 aromatic rings. The van der Waals surface area contributed by atoms with Crippen LogP contribution in [0.2, 0.25) is 0 Å². The van der Waals surface area contributed by atoms with Crippen LogP contribution in [0.4, 0.5) is 0 Å². The van der Waals surface area contributed by atoms with Gasteiger partial charge in [0.15, 0.2) is 0 Å². The van der Waals surface area contributed by atoms with Gasteiger partial charge >= 0.3 is 0 Å². The molecule has 0 N–H and O–H groups in total. The van der Waals surface area contributed by atoms with Gasteiger partial charge in [0, 0.05) is 12.8 Å². The first-order valence-corrected chi connectivity index (χ1v) is 8.71. The average Bonchev–Trinajstić information content (AvgIpc) is 2.46. The molecule has 0 radical (unpaired) electrons. The number of carbonyl (C=O) groups excluding carboxylic acids is 1. The van der Waals surface area contributed by atoms with E-state index in [2.05, 4.69) is 39.0 Å². The molecule has 0 saturated carbocycles. The van der Waals surface area contributed by atoms with Crippen LogP contribution in [0, 0.1) is 13.8 Å². The SMILES string of the molecule is CCCCCCCCCCC(=O)Cc1cc(C)ccc1C. The van der Waals surface area contributed by atoms with Crippen molar-refractivity contribution in [1.29, 1.82) is 0 Å². The molecule has 21 heavy (non-hydrogen) atoms. The Morgan fingerprint density at radius 1 is 0.905 bits per heavy atom. The zero-order valence-electron chi connectivity index (χ0n) is 14.2. The van der Waals surface area contributed by atoms with Gasteiger partial charge < -0.3 is 0 Å². The Hall–Kier alpha value is -1.11. The van der Waals surface area contributed by atoms with Crippen LogP contribution in [-0.4, -0.2) is 5.78 Å². The summed E-state index contributed by atoms with van der Waals surface area (Å²) in [5, 5.41) is 0. The smallest absolute Gasteiger partial charge is 0.137 e. The Morgan fingerprint density at radius 2 is 1.52 bits per heavy atom. The second kappa shape index (κ2) is 10.6. The van der Waals surface area contributed by atoms with E-state index >= 15 is 0 Å². The molecule has 0 saturated heterocycles. The molecule has 118 valence electrons. The minimum Gasteiger partial charge on any atom is -0.299 e. The number of unbranched alkanes of at least 4 members (excludes halogenated alkanes) is 7. The summed E-state index contributed by atoms with van der Waals surface area (Å²) in [4.78, 5) is 12.1. The van der Waals surface area contributed by atoms with Crippen molar-refractivity contribution in [1.82, 2.24) is 0 Å². The third-order valence-corrected chi connectivity index (χ3v) is 4.20. The minimum absolute atomic E-state index is 0.398. The van der Waals surface area contributed by atoms with E-state index in [9.17, 15) is 4.79 Å². The average molecular weight is 288 g/mol. The Kier molecular flexibility index (Phi) is 9.05. The summed E-state index contributed by atoms with van der Waals surface area (Å²) >= 11 is 0. The van der Waals surface area contributed by atoms with Gasteiger partial charge in [-0.2, -0.15) is 0 Å². The molecule has 1 rings (SSSR count). The molecule has 1 aromatic carbocycles. The maximum absolute atomic E-state index is 12.1. The van der Waals surface area contributed by atoms with Gasteiger partial charge in [0.05, 0.1) is 0 Å². The fourth-order valence-electron chi connectivity index (χ4n) is 2.75. The van der Waals surface area contributed by atoms with Crippen molar-refractivity contribution in [2.24, 2.45) is 0 Å². The molecular formula is C20H32O. The zero-order valence-corrected chi connectivity index (χ0v) is 14.2. The fraction of sp³-hybridized carbons (Fsp3) is 0.650. The molecule has 1 nitrogen and oxygen atoms in total. The minimum atomic E-state index is 0.398. The standard InChI is InChI=1S/C20H32O/c1-4-5-6-7-8-9-10-11-12-20(21)16-19-15-17(2)13-14-18(19)3/h13-15H,4-12,16H2,1-3H3. The summed E-state index contributed by atoms with van der Waals surface area (Å²) in [6.07, 6.45) is 11.7. The molecule has 0 aliphatic heterocycles. The predicted octanol–water partition coefficient (Wildman–Crippen LogP) is 5.95. The van der Waals surface area contributed by atoms with E-state index in [-0.39, 0.29) is 0 Å². The Labute approximate surface area is 131 Å². The molecular weight excluding hydrogens is 256 g/mol. The number of rotatable bonds is 11. The monoisotopic (exact) mass is 288 g/mol. The number of hydrogen-bond acceptors (Lipinski definition) is 1. The number of carbonyl (C=O) groups is 1. The van der Waals surface area contributed by atoms with Gasteiger partial charge in [0.1, 0.15) is 5.78 Å². The predicted molar refractivity (Wildman–Crippen MR) is 91.9 cm³/mol. The molecule has 0 heterocycles. The highest BCUT2D eigenvalue weighted by Crippen LogP contribution is 2.14. The summed E-state index contributed by atoms with van der Waals surface area (Å²) in [5.74, 6) is 0.398. The van der Waals surface area contributed by atoms with Crippen LogP contribution in [0.5, 0.6) is 0 Å². The Balaban J connectivity index is 2.13. The molecule has 0 atom stereocenters. The lowest BCUT2D eigenvalue weighted by molar-refractivity contribution is -0.118. The number of hydrogen-bond donors (Lipinski definition) is 0. The largest absolute Gasteiger partial charge is 0.299 e. The van der Waals surface area contributed by atoms with Crippen molar-refractivity contribution in [2.45, 2.75) is 85.0 Å². The van der Waals surface area contributed by atoms with Gasteiger partial charge in [-0.15, -0.1) is 0 Å². The molecule has 0 unspecified atom stereocenters. The van der Waals surface area contributed by atoms with E-state index in [0.717, 1.165) is 12.8 Å². The summed E-state index contributed by atoms with van der Waals surface area (Å²) in [6, 6.07) is 6.39. The molecule has 0 aliphatic rings. The first kappa shape index (κ1) is 17.9. The number of aryl methyl sites for hydroxylation is 2. The van der Waals surface area contributed by atoms with Crippen molar-refractivity contribution >= 4 is 5.78 Å². The van der Waals surface area contributed by atoms with E-state index in [1.54, 1.807) is 0 Å². The summed E-state index contributed by atoms with van der Waals surface area (Å²) in [6.45, 7) is 6.44. The second-order valence-corrected chi connectivity index (χ2v) is 6.37. The highest BCUT2D eigenvalue weighted by Gasteiger charge is 2.06. The third kappa shape index (κ3) is 8.04. The highest BCUT2D eigenvalue weighted by molar-refractivity contribution is 5.81. The maximum atomic E-state index is 12.1.